The summed E-state index contributed by atoms with van der Waals surface area (Å²) >= 11 is 0. The van der Waals surface area contributed by atoms with Crippen LogP contribution in [0.4, 0.5) is 0 Å². The Morgan fingerprint density at radius 1 is 1.39 bits per heavy atom. The van der Waals surface area contributed by atoms with Crippen LogP contribution >= 0.6 is 0 Å². The van der Waals surface area contributed by atoms with Crippen molar-refractivity contribution in [1.82, 2.24) is 4.90 Å². The third kappa shape index (κ3) is 3.85. The Labute approximate surface area is 136 Å². The van der Waals surface area contributed by atoms with Gasteiger partial charge in [-0.2, -0.15) is 0 Å². The zero-order valence-electron chi connectivity index (χ0n) is 13.2. The minimum atomic E-state index is -3.77. The molecule has 0 bridgehead atoms. The topological polar surface area (TPSA) is 83.9 Å². The number of aliphatic carboxylic acids is 1. The smallest absolute Gasteiger partial charge is 0.324 e. The molecular weight excluding hydrogens is 318 g/mol. The maximum Gasteiger partial charge on any atom is 0.324 e. The van der Waals surface area contributed by atoms with E-state index in [1.807, 2.05) is 35.2 Å². The zero-order valence-corrected chi connectivity index (χ0v) is 14.0. The van der Waals surface area contributed by atoms with Crippen LogP contribution in [0.2, 0.25) is 0 Å². The first-order valence-electron chi connectivity index (χ1n) is 7.25. The molecule has 2 unspecified atom stereocenters. The number of hydrogen-bond donors (Lipinski definition) is 1. The zero-order chi connectivity index (χ0) is 17.1. The van der Waals surface area contributed by atoms with Gasteiger partial charge in [0.25, 0.3) is 0 Å². The van der Waals surface area contributed by atoms with Gasteiger partial charge in [0.1, 0.15) is 6.26 Å². The minimum Gasteiger partial charge on any atom is -0.480 e. The summed E-state index contributed by atoms with van der Waals surface area (Å²) in [7, 11) is -3.77. The standard InChI is InChI=1S/C16H21NO5S/c1-16(15(18)19,23(2,20)21)11-14(17-8-9-22-12-17)10-13-6-4-3-5-7-13/h3-9,14H,10-12H2,1-2H3,(H,18,19). The highest BCUT2D eigenvalue weighted by Gasteiger charge is 2.46. The van der Waals surface area contributed by atoms with E-state index in [1.165, 1.54) is 13.2 Å². The van der Waals surface area contributed by atoms with Gasteiger partial charge in [-0.1, -0.05) is 30.3 Å². The molecule has 6 nitrogen and oxygen atoms in total. The van der Waals surface area contributed by atoms with E-state index in [-0.39, 0.29) is 19.2 Å². The van der Waals surface area contributed by atoms with Gasteiger partial charge in [-0.15, -0.1) is 0 Å². The Hall–Kier alpha value is -2.02. The van der Waals surface area contributed by atoms with Gasteiger partial charge in [0.05, 0.1) is 0 Å². The number of hydrogen-bond acceptors (Lipinski definition) is 5. The van der Waals surface area contributed by atoms with Crippen LogP contribution in [0.15, 0.2) is 42.8 Å². The van der Waals surface area contributed by atoms with Gasteiger partial charge >= 0.3 is 5.97 Å². The van der Waals surface area contributed by atoms with Gasteiger partial charge in [-0.3, -0.25) is 4.79 Å². The van der Waals surface area contributed by atoms with E-state index < -0.39 is 20.6 Å². The summed E-state index contributed by atoms with van der Waals surface area (Å²) in [5, 5.41) is 9.48. The predicted molar refractivity (Wildman–Crippen MR) is 86.4 cm³/mol. The Bertz CT molecular complexity index is 686. The average molecular weight is 339 g/mol. The van der Waals surface area contributed by atoms with Gasteiger partial charge in [-0.05, 0) is 25.3 Å². The van der Waals surface area contributed by atoms with Crippen molar-refractivity contribution < 1.29 is 23.1 Å². The molecular formula is C16H21NO5S. The highest BCUT2D eigenvalue weighted by atomic mass is 32.2. The van der Waals surface area contributed by atoms with E-state index in [1.54, 1.807) is 6.20 Å². The highest BCUT2D eigenvalue weighted by Crippen LogP contribution is 2.28. The maximum atomic E-state index is 12.0. The first kappa shape index (κ1) is 17.3. The third-order valence-corrected chi connectivity index (χ3v) is 6.23. The van der Waals surface area contributed by atoms with Crippen LogP contribution in [-0.4, -0.2) is 48.2 Å². The lowest BCUT2D eigenvalue weighted by Crippen LogP contribution is -2.49. The Morgan fingerprint density at radius 2 is 2.04 bits per heavy atom. The molecule has 1 aromatic rings. The number of rotatable bonds is 7. The van der Waals surface area contributed by atoms with Gasteiger partial charge in [-0.25, -0.2) is 8.42 Å². The van der Waals surface area contributed by atoms with Crippen LogP contribution in [0.1, 0.15) is 18.9 Å². The lowest BCUT2D eigenvalue weighted by atomic mass is 9.94. The molecule has 1 aromatic carbocycles. The quantitative estimate of drug-likeness (QED) is 0.813. The van der Waals surface area contributed by atoms with E-state index >= 15 is 0 Å². The Balaban J connectivity index is 2.30. The number of benzene rings is 1. The number of ether oxygens (including phenoxy) is 1. The molecule has 0 saturated heterocycles. The molecule has 1 heterocycles. The van der Waals surface area contributed by atoms with Gasteiger partial charge in [0.2, 0.25) is 0 Å². The molecule has 126 valence electrons. The minimum absolute atomic E-state index is 0.0240. The van der Waals surface area contributed by atoms with Crippen molar-refractivity contribution >= 4 is 15.8 Å². The van der Waals surface area contributed by atoms with E-state index in [9.17, 15) is 18.3 Å². The molecule has 2 atom stereocenters. The van der Waals surface area contributed by atoms with Crippen LogP contribution in [0.3, 0.4) is 0 Å². The van der Waals surface area contributed by atoms with Gasteiger partial charge in [0.15, 0.2) is 21.3 Å². The fourth-order valence-corrected chi connectivity index (χ4v) is 3.37. The molecule has 2 rings (SSSR count). The largest absolute Gasteiger partial charge is 0.480 e. The predicted octanol–water partition coefficient (Wildman–Crippen LogP) is 1.64. The molecule has 7 heteroatoms. The van der Waals surface area contributed by atoms with Crippen molar-refractivity contribution in [2.45, 2.75) is 30.6 Å². The number of carboxylic acids is 1. The number of sulfone groups is 1. The van der Waals surface area contributed by atoms with E-state index in [2.05, 4.69) is 0 Å². The van der Waals surface area contributed by atoms with Gasteiger partial charge in [0, 0.05) is 18.5 Å². The molecule has 0 saturated carbocycles. The van der Waals surface area contributed by atoms with Gasteiger partial charge < -0.3 is 14.7 Å². The van der Waals surface area contributed by atoms with Crippen molar-refractivity contribution in [3.05, 3.63) is 48.4 Å². The molecule has 1 N–H and O–H groups in total. The second-order valence-electron chi connectivity index (χ2n) is 5.95. The molecule has 0 aromatic heterocycles. The number of carbonyl (C=O) groups is 1. The van der Waals surface area contributed by atoms with Crippen LogP contribution < -0.4 is 0 Å². The summed E-state index contributed by atoms with van der Waals surface area (Å²) in [5.41, 5.74) is 1.01. The molecule has 1 aliphatic rings. The number of carboxylic acid groups (broad SMARTS) is 1. The Kier molecular flexibility index (Phi) is 4.99. The summed E-state index contributed by atoms with van der Waals surface area (Å²) in [6.45, 7) is 1.56. The fourth-order valence-electron chi connectivity index (χ4n) is 2.56. The van der Waals surface area contributed by atoms with Crippen molar-refractivity contribution in [2.75, 3.05) is 13.0 Å². The monoisotopic (exact) mass is 339 g/mol. The highest BCUT2D eigenvalue weighted by molar-refractivity contribution is 7.92. The van der Waals surface area contributed by atoms with Crippen LogP contribution in [0.5, 0.6) is 0 Å². The first-order chi connectivity index (χ1) is 10.7. The van der Waals surface area contributed by atoms with Crippen molar-refractivity contribution in [2.24, 2.45) is 0 Å². The molecule has 0 radical (unpaired) electrons. The molecule has 23 heavy (non-hydrogen) atoms. The first-order valence-corrected chi connectivity index (χ1v) is 9.14. The SMILES string of the molecule is CC(CC(Cc1ccccc1)N1C=COC1)(C(=O)O)S(C)(=O)=O. The lowest BCUT2D eigenvalue weighted by molar-refractivity contribution is -0.140. The molecule has 0 fully saturated rings. The summed E-state index contributed by atoms with van der Waals surface area (Å²) in [5.74, 6) is -1.33. The number of nitrogens with zero attached hydrogens (tertiary/aromatic N) is 1. The summed E-state index contributed by atoms with van der Waals surface area (Å²) in [6, 6.07) is 9.27. The summed E-state index contributed by atoms with van der Waals surface area (Å²) in [4.78, 5) is 13.5. The second-order valence-corrected chi connectivity index (χ2v) is 8.40. The normalized spacial score (nSPS) is 18.3. The summed E-state index contributed by atoms with van der Waals surface area (Å²) in [6.07, 6.45) is 4.72. The molecule has 0 spiro atoms. The summed E-state index contributed by atoms with van der Waals surface area (Å²) < 4.78 is 27.4. The third-order valence-electron chi connectivity index (χ3n) is 4.25. The molecule has 0 aliphatic carbocycles. The van der Waals surface area contributed by atoms with Crippen molar-refractivity contribution in [1.29, 1.82) is 0 Å². The van der Waals surface area contributed by atoms with E-state index in [0.717, 1.165) is 11.8 Å². The maximum absolute atomic E-state index is 12.0. The molecule has 1 aliphatic heterocycles. The van der Waals surface area contributed by atoms with Crippen molar-refractivity contribution in [3.8, 4) is 0 Å². The second kappa shape index (κ2) is 6.62. The molecule has 0 amide bonds. The van der Waals surface area contributed by atoms with Crippen LogP contribution in [-0.2, 0) is 25.8 Å². The van der Waals surface area contributed by atoms with Crippen LogP contribution in [0, 0.1) is 0 Å². The van der Waals surface area contributed by atoms with E-state index in [0.29, 0.717) is 6.42 Å². The van der Waals surface area contributed by atoms with Crippen molar-refractivity contribution in [3.63, 3.8) is 0 Å². The van der Waals surface area contributed by atoms with Crippen LogP contribution in [0.25, 0.3) is 0 Å². The van der Waals surface area contributed by atoms with E-state index in [4.69, 9.17) is 4.74 Å². The Morgan fingerprint density at radius 3 is 2.52 bits per heavy atom. The fraction of sp³-hybridized carbons (Fsp3) is 0.438. The lowest BCUT2D eigenvalue weighted by Gasteiger charge is -2.33. The average Bonchev–Trinajstić information content (AvgIpc) is 3.00.